The Labute approximate surface area is 116 Å². The van der Waals surface area contributed by atoms with Gasteiger partial charge in [-0.15, -0.1) is 0 Å². The Morgan fingerprint density at radius 3 is 2.80 bits per heavy atom. The number of aromatic nitrogens is 1. The number of hydrogen-bond donors (Lipinski definition) is 0. The second-order valence-electron chi connectivity index (χ2n) is 4.81. The van der Waals surface area contributed by atoms with Gasteiger partial charge in [-0.05, 0) is 38.0 Å². The van der Waals surface area contributed by atoms with Crippen molar-refractivity contribution in [2.24, 2.45) is 0 Å². The topological polar surface area (TPSA) is 68.3 Å². The first-order valence-corrected chi connectivity index (χ1v) is 6.40. The zero-order chi connectivity index (χ0) is 14.1. The Morgan fingerprint density at radius 1 is 1.30 bits per heavy atom. The van der Waals surface area contributed by atoms with Crippen LogP contribution in [0.5, 0.6) is 11.5 Å². The summed E-state index contributed by atoms with van der Waals surface area (Å²) in [5.41, 5.74) is 2.68. The molecule has 20 heavy (non-hydrogen) atoms. The minimum Gasteiger partial charge on any atom is -0.454 e. The second-order valence-corrected chi connectivity index (χ2v) is 4.81. The van der Waals surface area contributed by atoms with Crippen LogP contribution in [0.4, 0.5) is 0 Å². The predicted octanol–water partition coefficient (Wildman–Crippen LogP) is 2.87. The van der Waals surface area contributed by atoms with Crippen molar-refractivity contribution in [2.75, 3.05) is 6.79 Å². The van der Waals surface area contributed by atoms with E-state index in [-0.39, 0.29) is 12.7 Å². The lowest BCUT2D eigenvalue weighted by Crippen LogP contribution is -2.03. The van der Waals surface area contributed by atoms with E-state index in [0.717, 1.165) is 28.3 Å². The molecule has 1 unspecified atom stereocenters. The lowest BCUT2D eigenvalue weighted by atomic mass is 9.92. The SMILES string of the molecule is Cc1noc(C)c1C(C#N)Cc1ccc2c(c1)OCO2. The molecule has 2 aromatic rings. The molecule has 5 heteroatoms. The van der Waals surface area contributed by atoms with Crippen molar-refractivity contribution in [3.8, 4) is 17.6 Å². The Bertz CT molecular complexity index is 665. The zero-order valence-electron chi connectivity index (χ0n) is 11.3. The molecular formula is C15H14N2O3. The van der Waals surface area contributed by atoms with Crippen LogP contribution in [0, 0.1) is 25.2 Å². The number of nitrogens with zero attached hydrogens (tertiary/aromatic N) is 2. The minimum atomic E-state index is -0.276. The summed E-state index contributed by atoms with van der Waals surface area (Å²) in [4.78, 5) is 0. The summed E-state index contributed by atoms with van der Waals surface area (Å²) >= 11 is 0. The first-order valence-electron chi connectivity index (χ1n) is 6.40. The van der Waals surface area contributed by atoms with Gasteiger partial charge >= 0.3 is 0 Å². The van der Waals surface area contributed by atoms with Gasteiger partial charge in [0.15, 0.2) is 11.5 Å². The van der Waals surface area contributed by atoms with Crippen LogP contribution in [-0.4, -0.2) is 11.9 Å². The molecule has 0 saturated heterocycles. The van der Waals surface area contributed by atoms with E-state index < -0.39 is 0 Å². The monoisotopic (exact) mass is 270 g/mol. The molecule has 0 spiro atoms. The van der Waals surface area contributed by atoms with E-state index in [1.807, 2.05) is 32.0 Å². The maximum atomic E-state index is 9.43. The smallest absolute Gasteiger partial charge is 0.231 e. The van der Waals surface area contributed by atoms with Crippen molar-refractivity contribution in [3.63, 3.8) is 0 Å². The number of fused-ring (bicyclic) bond motifs is 1. The van der Waals surface area contributed by atoms with E-state index in [1.165, 1.54) is 0 Å². The Kier molecular flexibility index (Phi) is 3.07. The van der Waals surface area contributed by atoms with Gasteiger partial charge in [0.25, 0.3) is 0 Å². The largest absolute Gasteiger partial charge is 0.454 e. The molecule has 1 aromatic carbocycles. The molecule has 5 nitrogen and oxygen atoms in total. The Hall–Kier alpha value is -2.48. The fourth-order valence-electron chi connectivity index (χ4n) is 2.50. The van der Waals surface area contributed by atoms with Crippen LogP contribution in [0.1, 0.15) is 28.5 Å². The van der Waals surface area contributed by atoms with Crippen molar-refractivity contribution in [1.82, 2.24) is 5.16 Å². The summed E-state index contributed by atoms with van der Waals surface area (Å²) in [7, 11) is 0. The van der Waals surface area contributed by atoms with Crippen LogP contribution in [0.2, 0.25) is 0 Å². The van der Waals surface area contributed by atoms with E-state index in [4.69, 9.17) is 14.0 Å². The van der Waals surface area contributed by atoms with Crippen molar-refractivity contribution in [3.05, 3.63) is 40.8 Å². The predicted molar refractivity (Wildman–Crippen MR) is 70.6 cm³/mol. The summed E-state index contributed by atoms with van der Waals surface area (Å²) in [6.07, 6.45) is 0.593. The van der Waals surface area contributed by atoms with Gasteiger partial charge in [-0.1, -0.05) is 11.2 Å². The number of aryl methyl sites for hydroxylation is 2. The molecule has 0 saturated carbocycles. The molecule has 0 fully saturated rings. The van der Waals surface area contributed by atoms with Crippen LogP contribution in [0.25, 0.3) is 0 Å². The maximum absolute atomic E-state index is 9.43. The molecule has 0 radical (unpaired) electrons. The van der Waals surface area contributed by atoms with Gasteiger partial charge in [0, 0.05) is 5.56 Å². The number of rotatable bonds is 3. The number of nitriles is 1. The van der Waals surface area contributed by atoms with Gasteiger partial charge in [-0.25, -0.2) is 0 Å². The molecule has 0 aliphatic carbocycles. The lowest BCUT2D eigenvalue weighted by molar-refractivity contribution is 0.174. The lowest BCUT2D eigenvalue weighted by Gasteiger charge is -2.09. The number of benzene rings is 1. The van der Waals surface area contributed by atoms with E-state index in [2.05, 4.69) is 11.2 Å². The standard InChI is InChI=1S/C15H14N2O3/c1-9-15(10(2)20-17-9)12(7-16)5-11-3-4-13-14(6-11)19-8-18-13/h3-4,6,12H,5,8H2,1-2H3. The first kappa shape index (κ1) is 12.5. The van der Waals surface area contributed by atoms with Crippen molar-refractivity contribution in [1.29, 1.82) is 5.26 Å². The third-order valence-corrected chi connectivity index (χ3v) is 3.47. The van der Waals surface area contributed by atoms with E-state index in [1.54, 1.807) is 0 Å². The van der Waals surface area contributed by atoms with Gasteiger partial charge in [-0.2, -0.15) is 5.26 Å². The average Bonchev–Trinajstić information content (AvgIpc) is 3.03. The molecule has 1 atom stereocenters. The van der Waals surface area contributed by atoms with Crippen molar-refractivity contribution >= 4 is 0 Å². The van der Waals surface area contributed by atoms with E-state index >= 15 is 0 Å². The summed E-state index contributed by atoms with van der Waals surface area (Å²) in [6, 6.07) is 8.08. The number of ether oxygens (including phenoxy) is 2. The van der Waals surface area contributed by atoms with E-state index in [9.17, 15) is 5.26 Å². The Balaban J connectivity index is 1.88. The van der Waals surface area contributed by atoms with Gasteiger partial charge in [0.2, 0.25) is 6.79 Å². The summed E-state index contributed by atoms with van der Waals surface area (Å²) in [5, 5.41) is 13.3. The molecule has 1 aliphatic heterocycles. The minimum absolute atomic E-state index is 0.254. The van der Waals surface area contributed by atoms with Crippen molar-refractivity contribution < 1.29 is 14.0 Å². The molecule has 0 amide bonds. The highest BCUT2D eigenvalue weighted by atomic mass is 16.7. The zero-order valence-corrected chi connectivity index (χ0v) is 11.3. The first-order chi connectivity index (χ1) is 9.69. The van der Waals surface area contributed by atoms with Crippen LogP contribution < -0.4 is 9.47 Å². The third-order valence-electron chi connectivity index (χ3n) is 3.47. The normalized spacial score (nSPS) is 14.1. The molecule has 1 aliphatic rings. The Morgan fingerprint density at radius 2 is 2.10 bits per heavy atom. The average molecular weight is 270 g/mol. The van der Waals surface area contributed by atoms with Crippen LogP contribution >= 0.6 is 0 Å². The molecule has 0 N–H and O–H groups in total. The molecule has 2 heterocycles. The molecule has 102 valence electrons. The van der Waals surface area contributed by atoms with Crippen LogP contribution in [0.15, 0.2) is 22.7 Å². The quantitative estimate of drug-likeness (QED) is 0.857. The maximum Gasteiger partial charge on any atom is 0.231 e. The molecule has 0 bridgehead atoms. The highest BCUT2D eigenvalue weighted by molar-refractivity contribution is 5.45. The third kappa shape index (κ3) is 2.10. The molecule has 3 rings (SSSR count). The van der Waals surface area contributed by atoms with Gasteiger partial charge in [0.1, 0.15) is 5.76 Å². The molecule has 1 aromatic heterocycles. The molecular weight excluding hydrogens is 256 g/mol. The second kappa shape index (κ2) is 4.89. The van der Waals surface area contributed by atoms with Crippen LogP contribution in [0.3, 0.4) is 0 Å². The van der Waals surface area contributed by atoms with Crippen LogP contribution in [-0.2, 0) is 6.42 Å². The summed E-state index contributed by atoms with van der Waals surface area (Å²) in [5.74, 6) is 1.91. The summed E-state index contributed by atoms with van der Waals surface area (Å²) in [6.45, 7) is 3.94. The fraction of sp³-hybridized carbons (Fsp3) is 0.333. The highest BCUT2D eigenvalue weighted by Gasteiger charge is 2.22. The van der Waals surface area contributed by atoms with Gasteiger partial charge < -0.3 is 14.0 Å². The van der Waals surface area contributed by atoms with Gasteiger partial charge in [-0.3, -0.25) is 0 Å². The van der Waals surface area contributed by atoms with Crippen molar-refractivity contribution in [2.45, 2.75) is 26.2 Å². The summed E-state index contributed by atoms with van der Waals surface area (Å²) < 4.78 is 15.8. The van der Waals surface area contributed by atoms with Gasteiger partial charge in [0.05, 0.1) is 17.7 Å². The highest BCUT2D eigenvalue weighted by Crippen LogP contribution is 2.34. The fourth-order valence-corrected chi connectivity index (χ4v) is 2.50. The van der Waals surface area contributed by atoms with E-state index in [0.29, 0.717) is 12.2 Å². The number of hydrogen-bond acceptors (Lipinski definition) is 5.